The number of hydrogen-bond donors (Lipinski definition) is 1. The highest BCUT2D eigenvalue weighted by Gasteiger charge is 2.22. The zero-order chi connectivity index (χ0) is 13.8. The Kier molecular flexibility index (Phi) is 3.97. The smallest absolute Gasteiger partial charge is 0.225 e. The zero-order valence-corrected chi connectivity index (χ0v) is 11.7. The van der Waals surface area contributed by atoms with E-state index in [-0.39, 0.29) is 0 Å². The maximum absolute atomic E-state index is 5.13. The molecule has 1 fully saturated rings. The molecule has 0 spiro atoms. The van der Waals surface area contributed by atoms with Crippen LogP contribution in [0.1, 0.15) is 31.4 Å². The van der Waals surface area contributed by atoms with Crippen molar-refractivity contribution in [2.24, 2.45) is 0 Å². The number of nitrogens with zero attached hydrogens (tertiary/aromatic N) is 3. The minimum atomic E-state index is 0.332. The first kappa shape index (κ1) is 13.1. The molecular weight excluding hydrogens is 252 g/mol. The van der Waals surface area contributed by atoms with E-state index in [0.717, 1.165) is 31.9 Å². The Morgan fingerprint density at radius 1 is 1.30 bits per heavy atom. The van der Waals surface area contributed by atoms with E-state index in [9.17, 15) is 0 Å². The highest BCUT2D eigenvalue weighted by Crippen LogP contribution is 2.19. The molecule has 0 radical (unpaired) electrons. The van der Waals surface area contributed by atoms with Gasteiger partial charge in [0, 0.05) is 43.1 Å². The fraction of sp³-hybridized carbons (Fsp3) is 0.467. The van der Waals surface area contributed by atoms with Crippen LogP contribution in [-0.4, -0.2) is 29.1 Å². The van der Waals surface area contributed by atoms with Crippen LogP contribution in [0.2, 0.25) is 0 Å². The fourth-order valence-corrected chi connectivity index (χ4v) is 2.67. The molecule has 1 N–H and O–H groups in total. The Morgan fingerprint density at radius 3 is 2.70 bits per heavy atom. The summed E-state index contributed by atoms with van der Waals surface area (Å²) in [6, 6.07) is 4.74. The highest BCUT2D eigenvalue weighted by atomic mass is 16.3. The van der Waals surface area contributed by atoms with E-state index in [1.54, 1.807) is 18.7 Å². The molecule has 3 heterocycles. The van der Waals surface area contributed by atoms with Gasteiger partial charge >= 0.3 is 0 Å². The topological polar surface area (TPSA) is 54.2 Å². The molecule has 1 aliphatic heterocycles. The van der Waals surface area contributed by atoms with Gasteiger partial charge in [0.05, 0.1) is 12.5 Å². The molecule has 0 aliphatic carbocycles. The summed E-state index contributed by atoms with van der Waals surface area (Å²) in [5.74, 6) is 0.842. The number of nitrogens with one attached hydrogen (secondary N) is 1. The lowest BCUT2D eigenvalue weighted by Gasteiger charge is -2.33. The minimum Gasteiger partial charge on any atom is -0.472 e. The lowest BCUT2D eigenvalue weighted by molar-refractivity contribution is 0.377. The van der Waals surface area contributed by atoms with Gasteiger partial charge in [-0.2, -0.15) is 0 Å². The normalized spacial score (nSPS) is 18.1. The van der Waals surface area contributed by atoms with E-state index in [2.05, 4.69) is 27.1 Å². The van der Waals surface area contributed by atoms with Crippen molar-refractivity contribution in [2.45, 2.75) is 31.8 Å². The number of aromatic nitrogens is 2. The Labute approximate surface area is 119 Å². The monoisotopic (exact) mass is 272 g/mol. The summed E-state index contributed by atoms with van der Waals surface area (Å²) in [5.41, 5.74) is 1.21. The first-order valence-electron chi connectivity index (χ1n) is 7.13. The van der Waals surface area contributed by atoms with Crippen molar-refractivity contribution in [1.29, 1.82) is 0 Å². The summed E-state index contributed by atoms with van der Waals surface area (Å²) in [4.78, 5) is 10.9. The van der Waals surface area contributed by atoms with Gasteiger partial charge in [-0.15, -0.1) is 0 Å². The van der Waals surface area contributed by atoms with Gasteiger partial charge in [-0.25, -0.2) is 9.97 Å². The summed E-state index contributed by atoms with van der Waals surface area (Å²) >= 11 is 0. The Balaban J connectivity index is 1.51. The number of rotatable bonds is 4. The van der Waals surface area contributed by atoms with Crippen LogP contribution in [0.3, 0.4) is 0 Å². The third-order valence-electron chi connectivity index (χ3n) is 3.86. The van der Waals surface area contributed by atoms with Crippen LogP contribution >= 0.6 is 0 Å². The molecule has 1 saturated heterocycles. The molecular formula is C15H20N4O. The van der Waals surface area contributed by atoms with Gasteiger partial charge in [-0.3, -0.25) is 0 Å². The van der Waals surface area contributed by atoms with E-state index in [4.69, 9.17) is 4.42 Å². The van der Waals surface area contributed by atoms with E-state index >= 15 is 0 Å². The molecule has 20 heavy (non-hydrogen) atoms. The van der Waals surface area contributed by atoms with Gasteiger partial charge in [0.25, 0.3) is 0 Å². The fourth-order valence-electron chi connectivity index (χ4n) is 2.67. The summed E-state index contributed by atoms with van der Waals surface area (Å²) in [6.45, 7) is 4.18. The maximum Gasteiger partial charge on any atom is 0.225 e. The van der Waals surface area contributed by atoms with Crippen LogP contribution in [0.5, 0.6) is 0 Å². The van der Waals surface area contributed by atoms with Crippen molar-refractivity contribution in [3.8, 4) is 0 Å². The molecule has 1 aliphatic rings. The second-order valence-corrected chi connectivity index (χ2v) is 5.26. The van der Waals surface area contributed by atoms with Crippen LogP contribution in [-0.2, 0) is 0 Å². The molecule has 0 bridgehead atoms. The van der Waals surface area contributed by atoms with Crippen LogP contribution in [0.15, 0.2) is 41.5 Å². The molecule has 1 atom stereocenters. The molecule has 0 aromatic carbocycles. The maximum atomic E-state index is 5.13. The van der Waals surface area contributed by atoms with Crippen LogP contribution in [0, 0.1) is 0 Å². The summed E-state index contributed by atoms with van der Waals surface area (Å²) in [5, 5.41) is 3.67. The van der Waals surface area contributed by atoms with Crippen molar-refractivity contribution in [3.63, 3.8) is 0 Å². The Hall–Kier alpha value is -1.88. The van der Waals surface area contributed by atoms with Gasteiger partial charge in [-0.1, -0.05) is 0 Å². The van der Waals surface area contributed by atoms with Gasteiger partial charge in [0.1, 0.15) is 0 Å². The second-order valence-electron chi connectivity index (χ2n) is 5.26. The molecule has 3 rings (SSSR count). The van der Waals surface area contributed by atoms with Gasteiger partial charge < -0.3 is 14.6 Å². The van der Waals surface area contributed by atoms with Crippen molar-refractivity contribution in [3.05, 3.63) is 42.6 Å². The second kappa shape index (κ2) is 6.05. The highest BCUT2D eigenvalue weighted by molar-refractivity contribution is 5.29. The third kappa shape index (κ3) is 2.99. The summed E-state index contributed by atoms with van der Waals surface area (Å²) in [6.07, 6.45) is 9.36. The van der Waals surface area contributed by atoms with E-state index < -0.39 is 0 Å². The lowest BCUT2D eigenvalue weighted by atomic mass is 10.0. The van der Waals surface area contributed by atoms with Gasteiger partial charge in [0.2, 0.25) is 5.95 Å². The molecule has 1 unspecified atom stereocenters. The Bertz CT molecular complexity index is 506. The molecule has 0 saturated carbocycles. The van der Waals surface area contributed by atoms with Crippen LogP contribution < -0.4 is 10.2 Å². The molecule has 5 nitrogen and oxygen atoms in total. The van der Waals surface area contributed by atoms with E-state index in [1.807, 2.05) is 18.4 Å². The number of piperidine rings is 1. The zero-order valence-electron chi connectivity index (χ0n) is 11.7. The summed E-state index contributed by atoms with van der Waals surface area (Å²) in [7, 11) is 0. The van der Waals surface area contributed by atoms with Crippen molar-refractivity contribution >= 4 is 5.95 Å². The molecule has 2 aromatic rings. The third-order valence-corrected chi connectivity index (χ3v) is 3.86. The Morgan fingerprint density at radius 2 is 2.05 bits per heavy atom. The molecule has 106 valence electrons. The van der Waals surface area contributed by atoms with Crippen molar-refractivity contribution in [2.75, 3.05) is 18.0 Å². The van der Waals surface area contributed by atoms with Crippen molar-refractivity contribution in [1.82, 2.24) is 15.3 Å². The van der Waals surface area contributed by atoms with Gasteiger partial charge in [0.15, 0.2) is 0 Å². The average molecular weight is 272 g/mol. The SMILES string of the molecule is CC(NC1CCN(c2ncccn2)CC1)c1ccoc1. The first-order valence-corrected chi connectivity index (χ1v) is 7.13. The quantitative estimate of drug-likeness (QED) is 0.926. The van der Waals surface area contributed by atoms with Crippen LogP contribution in [0.25, 0.3) is 0 Å². The van der Waals surface area contributed by atoms with E-state index in [0.29, 0.717) is 12.1 Å². The lowest BCUT2D eigenvalue weighted by Crippen LogP contribution is -2.43. The number of furan rings is 1. The standard InChI is InChI=1S/C15H20N4O/c1-12(13-5-10-20-11-13)18-14-3-8-19(9-4-14)15-16-6-2-7-17-15/h2,5-7,10-12,14,18H,3-4,8-9H2,1H3. The number of hydrogen-bond acceptors (Lipinski definition) is 5. The molecule has 0 amide bonds. The predicted octanol–water partition coefficient (Wildman–Crippen LogP) is 2.39. The molecule has 2 aromatic heterocycles. The summed E-state index contributed by atoms with van der Waals surface area (Å²) < 4.78 is 5.13. The van der Waals surface area contributed by atoms with Gasteiger partial charge in [-0.05, 0) is 31.9 Å². The largest absolute Gasteiger partial charge is 0.472 e. The molecule has 5 heteroatoms. The minimum absolute atomic E-state index is 0.332. The van der Waals surface area contributed by atoms with Crippen LogP contribution in [0.4, 0.5) is 5.95 Å². The first-order chi connectivity index (χ1) is 9.83. The predicted molar refractivity (Wildman–Crippen MR) is 77.5 cm³/mol. The average Bonchev–Trinajstić information content (AvgIpc) is 3.03. The van der Waals surface area contributed by atoms with Crippen molar-refractivity contribution < 1.29 is 4.42 Å². The number of anilines is 1. The van der Waals surface area contributed by atoms with E-state index in [1.165, 1.54) is 5.56 Å².